The van der Waals surface area contributed by atoms with Gasteiger partial charge in [0.05, 0.1) is 28.3 Å². The Hall–Kier alpha value is -3.18. The molecule has 0 aliphatic carbocycles. The molecule has 0 saturated carbocycles. The van der Waals surface area contributed by atoms with Crippen molar-refractivity contribution < 1.29 is 4.39 Å². The number of pyridine rings is 3. The summed E-state index contributed by atoms with van der Waals surface area (Å²) in [5, 5.41) is 10.4. The third-order valence-electron chi connectivity index (χ3n) is 5.56. The molecule has 1 aliphatic heterocycles. The molecule has 5 rings (SSSR count). The molecule has 0 amide bonds. The van der Waals surface area contributed by atoms with Gasteiger partial charge in [-0.15, -0.1) is 0 Å². The minimum atomic E-state index is -0.414. The Morgan fingerprint density at radius 2 is 1.97 bits per heavy atom. The first-order valence-electron chi connectivity index (χ1n) is 9.78. The largest absolute Gasteiger partial charge is 0.372 e. The first-order valence-corrected chi connectivity index (χ1v) is 10.2. The number of imidazole rings is 1. The third kappa shape index (κ3) is 3.25. The second-order valence-corrected chi connectivity index (χ2v) is 8.04. The van der Waals surface area contributed by atoms with Gasteiger partial charge in [-0.3, -0.25) is 0 Å². The molecule has 0 radical (unpaired) electrons. The molecule has 4 aromatic rings. The van der Waals surface area contributed by atoms with Gasteiger partial charge in [-0.1, -0.05) is 11.6 Å². The number of nitriles is 1. The summed E-state index contributed by atoms with van der Waals surface area (Å²) in [6, 6.07) is 5.14. The quantitative estimate of drug-likeness (QED) is 0.451. The Labute approximate surface area is 178 Å². The summed E-state index contributed by atoms with van der Waals surface area (Å²) >= 11 is 6.58. The number of fused-ring (bicyclic) bond motifs is 2. The molecule has 30 heavy (non-hydrogen) atoms. The van der Waals surface area contributed by atoms with Gasteiger partial charge < -0.3 is 9.30 Å². The number of hydrogen-bond donors (Lipinski definition) is 0. The highest BCUT2D eigenvalue weighted by atomic mass is 35.5. The highest BCUT2D eigenvalue weighted by molar-refractivity contribution is 6.67. The van der Waals surface area contributed by atoms with Gasteiger partial charge >= 0.3 is 0 Å². The van der Waals surface area contributed by atoms with Crippen molar-refractivity contribution in [1.82, 2.24) is 19.4 Å². The Balaban J connectivity index is 1.53. The van der Waals surface area contributed by atoms with Crippen molar-refractivity contribution in [3.63, 3.8) is 0 Å². The number of aromatic nitrogens is 4. The van der Waals surface area contributed by atoms with Gasteiger partial charge in [0.15, 0.2) is 17.1 Å². The van der Waals surface area contributed by atoms with Gasteiger partial charge in [-0.05, 0) is 37.8 Å². The van der Waals surface area contributed by atoms with E-state index in [0.29, 0.717) is 21.9 Å². The van der Waals surface area contributed by atoms with Gasteiger partial charge in [0.2, 0.25) is 0 Å². The first kappa shape index (κ1) is 18.8. The van der Waals surface area contributed by atoms with Crippen molar-refractivity contribution >= 4 is 40.7 Å². The molecule has 0 spiro atoms. The van der Waals surface area contributed by atoms with Crippen LogP contribution in [0.5, 0.6) is 0 Å². The van der Waals surface area contributed by atoms with E-state index in [9.17, 15) is 4.39 Å². The standard InChI is InChI=1S/C21H17BClFN6/c1-13-10-30-11-14(6-18(24)21(30)27-13)19-8-17(23)16-7-15(9-26-20(16)28-19)29-4-2-22(12-25)3-5-29/h6-11H,2-5H2,1H3. The zero-order valence-electron chi connectivity index (χ0n) is 16.3. The van der Waals surface area contributed by atoms with Crippen LogP contribution in [0, 0.1) is 24.0 Å². The number of rotatable bonds is 2. The molecule has 1 saturated heterocycles. The lowest BCUT2D eigenvalue weighted by Gasteiger charge is -2.29. The summed E-state index contributed by atoms with van der Waals surface area (Å²) in [5.41, 5.74) is 3.65. The van der Waals surface area contributed by atoms with Crippen LogP contribution in [0.2, 0.25) is 17.7 Å². The normalized spacial score (nSPS) is 14.5. The first-order chi connectivity index (χ1) is 14.5. The van der Waals surface area contributed by atoms with Crippen molar-refractivity contribution in [2.24, 2.45) is 0 Å². The predicted octanol–water partition coefficient (Wildman–Crippen LogP) is 4.42. The second kappa shape index (κ2) is 7.26. The Bertz CT molecular complexity index is 1320. The number of halogens is 2. The van der Waals surface area contributed by atoms with E-state index in [1.165, 1.54) is 6.07 Å². The maximum absolute atomic E-state index is 14.5. The molecular formula is C21H17BClFN6. The fourth-order valence-electron chi connectivity index (χ4n) is 3.96. The highest BCUT2D eigenvalue weighted by Gasteiger charge is 2.23. The average Bonchev–Trinajstić information content (AvgIpc) is 3.14. The van der Waals surface area contributed by atoms with E-state index in [2.05, 4.69) is 25.8 Å². The summed E-state index contributed by atoms with van der Waals surface area (Å²) in [4.78, 5) is 15.5. The van der Waals surface area contributed by atoms with Gasteiger partial charge in [0, 0.05) is 42.4 Å². The minimum Gasteiger partial charge on any atom is -0.372 e. The fourth-order valence-corrected chi connectivity index (χ4v) is 4.21. The lowest BCUT2D eigenvalue weighted by atomic mass is 9.45. The summed E-state index contributed by atoms with van der Waals surface area (Å²) in [6.45, 7) is 3.58. The maximum atomic E-state index is 14.5. The molecule has 6 nitrogen and oxygen atoms in total. The van der Waals surface area contributed by atoms with Crippen LogP contribution >= 0.6 is 11.6 Å². The fraction of sp³-hybridized carbons (Fsp3) is 0.238. The highest BCUT2D eigenvalue weighted by Crippen LogP contribution is 2.31. The van der Waals surface area contributed by atoms with Gasteiger partial charge in [0.1, 0.15) is 0 Å². The van der Waals surface area contributed by atoms with E-state index in [4.69, 9.17) is 16.9 Å². The van der Waals surface area contributed by atoms with Crippen molar-refractivity contribution in [1.29, 1.82) is 5.26 Å². The van der Waals surface area contributed by atoms with Gasteiger partial charge in [-0.2, -0.15) is 0 Å². The Kier molecular flexibility index (Phi) is 4.56. The van der Waals surface area contributed by atoms with Crippen LogP contribution in [0.25, 0.3) is 27.9 Å². The van der Waals surface area contributed by atoms with Crippen LogP contribution < -0.4 is 4.90 Å². The molecule has 9 heteroatoms. The van der Waals surface area contributed by atoms with E-state index in [0.717, 1.165) is 42.5 Å². The summed E-state index contributed by atoms with van der Waals surface area (Å²) in [7, 11) is 0. The zero-order valence-corrected chi connectivity index (χ0v) is 17.1. The lowest BCUT2D eigenvalue weighted by molar-refractivity contribution is 0.630. The molecule has 0 unspecified atom stereocenters. The molecule has 1 fully saturated rings. The van der Waals surface area contributed by atoms with Gasteiger partial charge in [-0.25, -0.2) is 24.6 Å². The van der Waals surface area contributed by atoms with Crippen LogP contribution in [0.3, 0.4) is 0 Å². The van der Waals surface area contributed by atoms with Crippen molar-refractivity contribution in [2.45, 2.75) is 19.6 Å². The SMILES string of the molecule is Cc1cn2cc(-c3cc(Cl)c4cc(N5CCB(C#N)CC5)cnc4n3)cc(F)c2n1. The number of hydrogen-bond acceptors (Lipinski definition) is 5. The van der Waals surface area contributed by atoms with Crippen LogP contribution in [0.1, 0.15) is 5.69 Å². The van der Waals surface area contributed by atoms with E-state index < -0.39 is 5.82 Å². The zero-order chi connectivity index (χ0) is 20.8. The summed E-state index contributed by atoms with van der Waals surface area (Å²) in [6.07, 6.45) is 7.04. The van der Waals surface area contributed by atoms with Crippen molar-refractivity contribution in [2.75, 3.05) is 18.0 Å². The van der Waals surface area contributed by atoms with Crippen LogP contribution in [0.15, 0.2) is 36.8 Å². The van der Waals surface area contributed by atoms with Gasteiger partial charge in [0.25, 0.3) is 6.71 Å². The average molecular weight is 419 g/mol. The number of aryl methyl sites for hydroxylation is 1. The minimum absolute atomic E-state index is 0.125. The monoisotopic (exact) mass is 418 g/mol. The molecule has 0 N–H and O–H groups in total. The molecular weight excluding hydrogens is 402 g/mol. The van der Waals surface area contributed by atoms with E-state index in [1.54, 1.807) is 29.1 Å². The molecule has 1 aliphatic rings. The van der Waals surface area contributed by atoms with E-state index >= 15 is 0 Å². The molecule has 148 valence electrons. The lowest BCUT2D eigenvalue weighted by Crippen LogP contribution is -2.36. The van der Waals surface area contributed by atoms with E-state index in [1.807, 2.05) is 13.0 Å². The van der Waals surface area contributed by atoms with Crippen LogP contribution in [-0.2, 0) is 0 Å². The molecule has 0 bridgehead atoms. The number of anilines is 1. The Morgan fingerprint density at radius 3 is 2.73 bits per heavy atom. The van der Waals surface area contributed by atoms with Crippen LogP contribution in [-0.4, -0.2) is 39.2 Å². The molecule has 5 heterocycles. The molecule has 4 aromatic heterocycles. The molecule has 0 atom stereocenters. The number of nitrogens with zero attached hydrogens (tertiary/aromatic N) is 6. The summed E-state index contributed by atoms with van der Waals surface area (Å²) in [5.74, 6) is 1.93. The maximum Gasteiger partial charge on any atom is 0.271 e. The Morgan fingerprint density at radius 1 is 1.17 bits per heavy atom. The van der Waals surface area contributed by atoms with E-state index in [-0.39, 0.29) is 12.4 Å². The van der Waals surface area contributed by atoms with Crippen molar-refractivity contribution in [3.8, 4) is 17.2 Å². The smallest absolute Gasteiger partial charge is 0.271 e. The summed E-state index contributed by atoms with van der Waals surface area (Å²) < 4.78 is 16.1. The third-order valence-corrected chi connectivity index (χ3v) is 5.88. The molecule has 0 aromatic carbocycles. The topological polar surface area (TPSA) is 70.1 Å². The predicted molar refractivity (Wildman–Crippen MR) is 117 cm³/mol. The second-order valence-electron chi connectivity index (χ2n) is 7.63. The van der Waals surface area contributed by atoms with Crippen LogP contribution in [0.4, 0.5) is 10.1 Å². The van der Waals surface area contributed by atoms with Crippen molar-refractivity contribution in [3.05, 3.63) is 53.3 Å².